The van der Waals surface area contributed by atoms with Gasteiger partial charge in [-0.15, -0.1) is 4.91 Å². The highest BCUT2D eigenvalue weighted by atomic mass is 35.5. The number of nitrogens with one attached hydrogen (secondary N) is 1. The van der Waals surface area contributed by atoms with Crippen molar-refractivity contribution >= 4 is 17.6 Å². The van der Waals surface area contributed by atoms with E-state index in [9.17, 15) is 9.70 Å². The molecule has 1 aliphatic carbocycles. The van der Waals surface area contributed by atoms with E-state index < -0.39 is 11.5 Å². The third-order valence-corrected chi connectivity index (χ3v) is 3.35. The zero-order valence-electron chi connectivity index (χ0n) is 9.65. The molecule has 1 aliphatic rings. The molecule has 5 nitrogen and oxygen atoms in total. The van der Waals surface area contributed by atoms with Gasteiger partial charge in [0.15, 0.2) is 0 Å². The number of halogens is 1. The van der Waals surface area contributed by atoms with Gasteiger partial charge in [-0.2, -0.15) is 5.43 Å². The minimum absolute atomic E-state index is 0.116. The fourth-order valence-corrected chi connectivity index (χ4v) is 2.48. The number of nitroso groups, excluding NO2 is 1. The number of nitrogens with zero attached hydrogens (tertiary/aromatic N) is 2. The standard InChI is InChI=1S/C10H18ClN3O2/c1-7-3-5-9(6-4-7)14(8(2)11)10(15)12-13-16/h7-9H,3-6H2,1-2H3,(H,12,15,16). The Morgan fingerprint density at radius 2 is 2.00 bits per heavy atom. The Hall–Kier alpha value is -0.840. The van der Waals surface area contributed by atoms with Crippen LogP contribution in [0.3, 0.4) is 0 Å². The topological polar surface area (TPSA) is 61.8 Å². The average molecular weight is 248 g/mol. The largest absolute Gasteiger partial charge is 0.341 e. The summed E-state index contributed by atoms with van der Waals surface area (Å²) in [5.74, 6) is 0.705. The van der Waals surface area contributed by atoms with Crippen molar-refractivity contribution in [2.45, 2.75) is 51.1 Å². The first-order valence-corrected chi connectivity index (χ1v) is 6.04. The highest BCUT2D eigenvalue weighted by molar-refractivity contribution is 6.21. The lowest BCUT2D eigenvalue weighted by molar-refractivity contribution is 0.140. The number of carbonyl (C=O) groups is 1. The highest BCUT2D eigenvalue weighted by Gasteiger charge is 2.30. The Balaban J connectivity index is 2.62. The Kier molecular flexibility index (Phi) is 4.99. The van der Waals surface area contributed by atoms with Crippen molar-refractivity contribution < 1.29 is 4.79 Å². The summed E-state index contributed by atoms with van der Waals surface area (Å²) in [6.45, 7) is 3.93. The Labute approximate surface area is 100 Å². The lowest BCUT2D eigenvalue weighted by Gasteiger charge is -2.36. The van der Waals surface area contributed by atoms with Crippen LogP contribution in [0, 0.1) is 10.8 Å². The maximum Gasteiger partial charge on any atom is 0.341 e. The number of hydrogen-bond acceptors (Lipinski definition) is 3. The number of urea groups is 1. The van der Waals surface area contributed by atoms with Crippen molar-refractivity contribution in [2.75, 3.05) is 0 Å². The second-order valence-corrected chi connectivity index (χ2v) is 5.03. The maximum absolute atomic E-state index is 11.6. The second kappa shape index (κ2) is 6.03. The molecule has 1 fully saturated rings. The fourth-order valence-electron chi connectivity index (χ4n) is 2.24. The first-order chi connectivity index (χ1) is 7.56. The van der Waals surface area contributed by atoms with Gasteiger partial charge in [0, 0.05) is 6.04 Å². The van der Waals surface area contributed by atoms with Gasteiger partial charge < -0.3 is 4.90 Å². The molecule has 1 unspecified atom stereocenters. The molecule has 1 saturated carbocycles. The van der Waals surface area contributed by atoms with Crippen molar-refractivity contribution in [2.24, 2.45) is 11.2 Å². The summed E-state index contributed by atoms with van der Waals surface area (Å²) in [5.41, 5.74) is 1.48. The molecule has 16 heavy (non-hydrogen) atoms. The molecule has 1 rings (SSSR count). The zero-order valence-corrected chi connectivity index (χ0v) is 10.4. The summed E-state index contributed by atoms with van der Waals surface area (Å²) >= 11 is 5.97. The van der Waals surface area contributed by atoms with Crippen LogP contribution in [-0.4, -0.2) is 22.5 Å². The van der Waals surface area contributed by atoms with E-state index in [4.69, 9.17) is 11.6 Å². The van der Waals surface area contributed by atoms with Gasteiger partial charge in [0.1, 0.15) is 5.50 Å². The van der Waals surface area contributed by atoms with Crippen LogP contribution in [0.1, 0.15) is 39.5 Å². The van der Waals surface area contributed by atoms with E-state index in [2.05, 4.69) is 12.2 Å². The third kappa shape index (κ3) is 3.33. The molecule has 0 aromatic carbocycles. The molecule has 92 valence electrons. The molecule has 0 radical (unpaired) electrons. The number of carbonyl (C=O) groups excluding carboxylic acids is 1. The highest BCUT2D eigenvalue weighted by Crippen LogP contribution is 2.28. The first kappa shape index (κ1) is 13.2. The first-order valence-electron chi connectivity index (χ1n) is 5.61. The maximum atomic E-state index is 11.6. The Morgan fingerprint density at radius 1 is 1.44 bits per heavy atom. The molecule has 2 amide bonds. The van der Waals surface area contributed by atoms with E-state index in [0.29, 0.717) is 5.92 Å². The molecule has 1 N–H and O–H groups in total. The van der Waals surface area contributed by atoms with Crippen LogP contribution in [0.15, 0.2) is 5.29 Å². The lowest BCUT2D eigenvalue weighted by atomic mass is 9.86. The third-order valence-electron chi connectivity index (χ3n) is 3.14. The van der Waals surface area contributed by atoms with Gasteiger partial charge in [-0.25, -0.2) is 4.79 Å². The summed E-state index contributed by atoms with van der Waals surface area (Å²) in [6, 6.07) is -0.387. The molecule has 1 atom stereocenters. The average Bonchev–Trinajstić information content (AvgIpc) is 2.21. The van der Waals surface area contributed by atoms with Crippen molar-refractivity contribution in [3.63, 3.8) is 0 Å². The molecule has 0 aromatic rings. The summed E-state index contributed by atoms with van der Waals surface area (Å²) in [7, 11) is 0. The molecule has 6 heteroatoms. The molecule has 0 aromatic heterocycles. The molecule has 0 aliphatic heterocycles. The molecular weight excluding hydrogens is 230 g/mol. The van der Waals surface area contributed by atoms with E-state index in [1.54, 1.807) is 6.92 Å². The van der Waals surface area contributed by atoms with E-state index in [0.717, 1.165) is 25.7 Å². The summed E-state index contributed by atoms with van der Waals surface area (Å²) in [5, 5.41) is 2.40. The quantitative estimate of drug-likeness (QED) is 0.361. The van der Waals surface area contributed by atoms with Gasteiger partial charge in [-0.1, -0.05) is 18.5 Å². The van der Waals surface area contributed by atoms with Crippen LogP contribution in [-0.2, 0) is 0 Å². The molecule has 0 bridgehead atoms. The summed E-state index contributed by atoms with van der Waals surface area (Å²) in [4.78, 5) is 23.1. The normalized spacial score (nSPS) is 26.9. The van der Waals surface area contributed by atoms with E-state index >= 15 is 0 Å². The predicted octanol–water partition coefficient (Wildman–Crippen LogP) is 2.84. The van der Waals surface area contributed by atoms with Gasteiger partial charge >= 0.3 is 6.03 Å². The smallest absolute Gasteiger partial charge is 0.304 e. The number of hydrogen-bond donors (Lipinski definition) is 1. The van der Waals surface area contributed by atoms with E-state index in [1.807, 2.05) is 5.43 Å². The molecule has 0 heterocycles. The molecule has 0 spiro atoms. The van der Waals surface area contributed by atoms with Crippen LogP contribution in [0.5, 0.6) is 0 Å². The second-order valence-electron chi connectivity index (χ2n) is 4.40. The van der Waals surface area contributed by atoms with Crippen molar-refractivity contribution in [1.29, 1.82) is 0 Å². The molecular formula is C10H18ClN3O2. The SMILES string of the molecule is CC1CCC(N(C(=O)NN=O)C(C)Cl)CC1. The lowest BCUT2D eigenvalue weighted by Crippen LogP contribution is -2.48. The van der Waals surface area contributed by atoms with Crippen LogP contribution in [0.25, 0.3) is 0 Å². The summed E-state index contributed by atoms with van der Waals surface area (Å²) in [6.07, 6.45) is 4.05. The van der Waals surface area contributed by atoms with E-state index in [1.165, 1.54) is 4.90 Å². The molecule has 0 saturated heterocycles. The van der Waals surface area contributed by atoms with Crippen LogP contribution < -0.4 is 5.43 Å². The van der Waals surface area contributed by atoms with Gasteiger partial charge in [0.25, 0.3) is 0 Å². The number of rotatable bonds is 3. The van der Waals surface area contributed by atoms with Crippen molar-refractivity contribution in [1.82, 2.24) is 10.3 Å². The Bertz CT molecular complexity index is 252. The van der Waals surface area contributed by atoms with Crippen LogP contribution in [0.2, 0.25) is 0 Å². The Morgan fingerprint density at radius 3 is 2.44 bits per heavy atom. The van der Waals surface area contributed by atoms with Gasteiger partial charge in [0.2, 0.25) is 0 Å². The number of amides is 2. The van der Waals surface area contributed by atoms with Crippen molar-refractivity contribution in [3.05, 3.63) is 4.91 Å². The minimum Gasteiger partial charge on any atom is -0.304 e. The summed E-state index contributed by atoms with van der Waals surface area (Å²) < 4.78 is 0. The predicted molar refractivity (Wildman–Crippen MR) is 62.9 cm³/mol. The van der Waals surface area contributed by atoms with Crippen LogP contribution >= 0.6 is 11.6 Å². The number of alkyl halides is 1. The van der Waals surface area contributed by atoms with Crippen LogP contribution in [0.4, 0.5) is 4.79 Å². The fraction of sp³-hybridized carbons (Fsp3) is 0.900. The zero-order chi connectivity index (χ0) is 12.1. The minimum atomic E-state index is -0.503. The van der Waals surface area contributed by atoms with Crippen molar-refractivity contribution in [3.8, 4) is 0 Å². The van der Waals surface area contributed by atoms with Gasteiger partial charge in [-0.3, -0.25) is 0 Å². The van der Waals surface area contributed by atoms with Gasteiger partial charge in [-0.05, 0) is 38.5 Å². The van der Waals surface area contributed by atoms with E-state index in [-0.39, 0.29) is 6.04 Å². The monoisotopic (exact) mass is 247 g/mol. The van der Waals surface area contributed by atoms with Gasteiger partial charge in [0.05, 0.1) is 5.29 Å².